The molecule has 1 aliphatic heterocycles. The Morgan fingerprint density at radius 3 is 2.62 bits per heavy atom. The third-order valence-corrected chi connectivity index (χ3v) is 7.69. The summed E-state index contributed by atoms with van der Waals surface area (Å²) in [5.74, 6) is 0.525. The van der Waals surface area contributed by atoms with Gasteiger partial charge in [-0.05, 0) is 54.3 Å². The molecule has 1 saturated heterocycles. The van der Waals surface area contributed by atoms with E-state index in [1.165, 1.54) is 12.3 Å². The first-order valence-electron chi connectivity index (χ1n) is 14.3. The highest BCUT2D eigenvalue weighted by Gasteiger charge is 2.24. The summed E-state index contributed by atoms with van der Waals surface area (Å²) in [6.45, 7) is 7.08. The van der Waals surface area contributed by atoms with Crippen LogP contribution in [0.2, 0.25) is 5.02 Å². The molecule has 5 rings (SSSR count). The van der Waals surface area contributed by atoms with Gasteiger partial charge in [-0.25, -0.2) is 4.98 Å². The normalized spacial score (nSPS) is 13.5. The number of methoxy groups -OCH3 is 1. The highest BCUT2D eigenvalue weighted by atomic mass is 35.5. The predicted octanol–water partition coefficient (Wildman–Crippen LogP) is 5.19. The molecule has 4 aromatic rings. The van der Waals surface area contributed by atoms with Crippen LogP contribution in [0.5, 0.6) is 11.5 Å². The Morgan fingerprint density at radius 2 is 1.93 bits per heavy atom. The molecule has 1 fully saturated rings. The summed E-state index contributed by atoms with van der Waals surface area (Å²) in [5.41, 5.74) is 2.06. The Morgan fingerprint density at radius 1 is 1.20 bits per heavy atom. The number of halogens is 1. The maximum Gasteiger partial charge on any atom is 0.313 e. The molecule has 0 N–H and O–H groups in total. The highest BCUT2D eigenvalue weighted by Crippen LogP contribution is 2.35. The smallest absolute Gasteiger partial charge is 0.313 e. The van der Waals surface area contributed by atoms with Crippen LogP contribution in [-0.2, 0) is 9.53 Å². The number of amides is 1. The summed E-state index contributed by atoms with van der Waals surface area (Å²) >= 11 is 6.26. The molecule has 2 heterocycles. The van der Waals surface area contributed by atoms with Gasteiger partial charge in [-0.2, -0.15) is 9.78 Å². The first-order chi connectivity index (χ1) is 21.6. The molecule has 45 heavy (non-hydrogen) atoms. The van der Waals surface area contributed by atoms with Crippen LogP contribution in [0.4, 0.5) is 5.69 Å². The Balaban J connectivity index is 1.65. The average Bonchev–Trinajstić information content (AvgIpc) is 3.03. The van der Waals surface area contributed by atoms with Crippen LogP contribution < -0.4 is 15.0 Å². The Hall–Kier alpha value is -4.81. The number of morpholine rings is 1. The molecule has 1 aromatic heterocycles. The lowest BCUT2D eigenvalue weighted by atomic mass is 9.96. The van der Waals surface area contributed by atoms with Gasteiger partial charge in [0.15, 0.2) is 12.4 Å². The Bertz CT molecular complexity index is 1870. The van der Waals surface area contributed by atoms with Gasteiger partial charge < -0.3 is 19.1 Å². The quantitative estimate of drug-likeness (QED) is 0.140. The number of hydrogen-bond acceptors (Lipinski definition) is 9. The van der Waals surface area contributed by atoms with E-state index in [1.807, 2.05) is 32.9 Å². The molecule has 0 unspecified atom stereocenters. The highest BCUT2D eigenvalue weighted by molar-refractivity contribution is 6.31. The molecule has 0 saturated carbocycles. The van der Waals surface area contributed by atoms with E-state index in [2.05, 4.69) is 5.10 Å². The number of nitro groups is 1. The van der Waals surface area contributed by atoms with Crippen molar-refractivity contribution < 1.29 is 23.9 Å². The van der Waals surface area contributed by atoms with Gasteiger partial charge in [0.25, 0.3) is 11.5 Å². The van der Waals surface area contributed by atoms with Gasteiger partial charge in [-0.3, -0.25) is 19.7 Å². The van der Waals surface area contributed by atoms with Crippen molar-refractivity contribution in [2.45, 2.75) is 26.7 Å². The van der Waals surface area contributed by atoms with Crippen LogP contribution in [-0.4, -0.2) is 71.6 Å². The number of para-hydroxylation sites is 1. The fourth-order valence-corrected chi connectivity index (χ4v) is 5.34. The van der Waals surface area contributed by atoms with Gasteiger partial charge in [-0.1, -0.05) is 37.6 Å². The van der Waals surface area contributed by atoms with Crippen LogP contribution >= 0.6 is 11.6 Å². The zero-order valence-corrected chi connectivity index (χ0v) is 26.0. The molecular formula is C32H32ClN5O7. The third kappa shape index (κ3) is 6.66. The lowest BCUT2D eigenvalue weighted by Crippen LogP contribution is -2.43. The van der Waals surface area contributed by atoms with Crippen molar-refractivity contribution in [3.05, 3.63) is 90.7 Å². The molecule has 12 nitrogen and oxygen atoms in total. The van der Waals surface area contributed by atoms with Gasteiger partial charge in [-0.15, -0.1) is 0 Å². The summed E-state index contributed by atoms with van der Waals surface area (Å²) in [5, 5.41) is 16.9. The molecule has 234 valence electrons. The monoisotopic (exact) mass is 633 g/mol. The van der Waals surface area contributed by atoms with E-state index in [9.17, 15) is 19.7 Å². The number of nitro benzene ring substituents is 1. The van der Waals surface area contributed by atoms with E-state index >= 15 is 0 Å². The number of ether oxygens (including phenoxy) is 3. The van der Waals surface area contributed by atoms with Crippen molar-refractivity contribution in [1.29, 1.82) is 0 Å². The molecule has 1 aliphatic rings. The third-order valence-electron chi connectivity index (χ3n) is 7.47. The van der Waals surface area contributed by atoms with Crippen LogP contribution in [0.25, 0.3) is 22.3 Å². The van der Waals surface area contributed by atoms with Crippen molar-refractivity contribution in [3.63, 3.8) is 0 Å². The fourth-order valence-electron chi connectivity index (χ4n) is 5.12. The lowest BCUT2D eigenvalue weighted by molar-refractivity contribution is -0.385. The van der Waals surface area contributed by atoms with Gasteiger partial charge in [0.05, 0.1) is 42.4 Å². The molecule has 13 heteroatoms. The number of aryl methyl sites for hydroxylation is 1. The number of carbonyl (C=O) groups is 1. The van der Waals surface area contributed by atoms with Gasteiger partial charge >= 0.3 is 5.69 Å². The molecule has 3 aromatic carbocycles. The molecule has 0 spiro atoms. The largest absolute Gasteiger partial charge is 0.496 e. The molecule has 0 atom stereocenters. The van der Waals surface area contributed by atoms with Crippen molar-refractivity contribution in [3.8, 4) is 22.9 Å². The van der Waals surface area contributed by atoms with Crippen molar-refractivity contribution in [1.82, 2.24) is 14.6 Å². The second kappa shape index (κ2) is 13.4. The topological polar surface area (TPSA) is 138 Å². The number of benzene rings is 3. The van der Waals surface area contributed by atoms with Crippen molar-refractivity contribution >= 4 is 40.3 Å². The Labute approximate surface area is 263 Å². The van der Waals surface area contributed by atoms with E-state index in [4.69, 9.17) is 30.8 Å². The van der Waals surface area contributed by atoms with Crippen molar-refractivity contribution in [2.24, 2.45) is 5.10 Å². The maximum absolute atomic E-state index is 13.9. The maximum atomic E-state index is 13.9. The van der Waals surface area contributed by atoms with Crippen LogP contribution in [0, 0.1) is 17.0 Å². The summed E-state index contributed by atoms with van der Waals surface area (Å²) in [6.07, 6.45) is 1.25. The van der Waals surface area contributed by atoms with Crippen molar-refractivity contribution in [2.75, 3.05) is 40.0 Å². The summed E-state index contributed by atoms with van der Waals surface area (Å²) in [6, 6.07) is 13.3. The zero-order valence-electron chi connectivity index (χ0n) is 25.3. The van der Waals surface area contributed by atoms with Gasteiger partial charge in [0.1, 0.15) is 5.75 Å². The molecule has 0 aliphatic carbocycles. The fraction of sp³-hybridized carbons (Fsp3) is 0.312. The standard InChI is InChI=1S/C32H32ClN5O7/c1-19(2)24-16-25(20(3)13-28(24)43-4)31-35-26-8-6-5-7-23(26)32(40)37(31)34-17-21-14-22(33)15-27(38(41)42)30(21)45-18-29(39)36-9-11-44-12-10-36/h5-8,13-17,19H,9-12,18H2,1-4H3. The minimum absolute atomic E-state index is 0.0480. The lowest BCUT2D eigenvalue weighted by Gasteiger charge is -2.26. The number of fused-ring (bicyclic) bond motifs is 1. The second-order valence-electron chi connectivity index (χ2n) is 10.8. The van der Waals surface area contributed by atoms with Crippen LogP contribution in [0.1, 0.15) is 36.5 Å². The predicted molar refractivity (Wildman–Crippen MR) is 171 cm³/mol. The molecular weight excluding hydrogens is 602 g/mol. The first kappa shape index (κ1) is 31.6. The van der Waals surface area contributed by atoms with E-state index in [0.717, 1.165) is 21.9 Å². The number of aromatic nitrogens is 2. The summed E-state index contributed by atoms with van der Waals surface area (Å²) < 4.78 is 17.8. The number of rotatable bonds is 9. The summed E-state index contributed by atoms with van der Waals surface area (Å²) in [7, 11) is 1.60. The van der Waals surface area contributed by atoms with E-state index in [1.54, 1.807) is 36.3 Å². The number of hydrogen-bond donors (Lipinski definition) is 0. The van der Waals surface area contributed by atoms with Gasteiger partial charge in [0.2, 0.25) is 5.75 Å². The molecule has 0 radical (unpaired) electrons. The van der Waals surface area contributed by atoms with E-state index < -0.39 is 22.8 Å². The number of carbonyl (C=O) groups excluding carboxylic acids is 1. The molecule has 1 amide bonds. The molecule has 0 bridgehead atoms. The zero-order chi connectivity index (χ0) is 32.2. The van der Waals surface area contributed by atoms with Gasteiger partial charge in [0, 0.05) is 35.3 Å². The minimum Gasteiger partial charge on any atom is -0.496 e. The SMILES string of the molecule is COc1cc(C)c(-c2nc3ccccc3c(=O)n2N=Cc2cc(Cl)cc([N+](=O)[O-])c2OCC(=O)N2CCOCC2)cc1C(C)C. The second-order valence-corrected chi connectivity index (χ2v) is 11.2. The van der Waals surface area contributed by atoms with E-state index in [0.29, 0.717) is 48.5 Å². The average molecular weight is 634 g/mol. The van der Waals surface area contributed by atoms with Crippen LogP contribution in [0.3, 0.4) is 0 Å². The Kier molecular flexibility index (Phi) is 9.45. The summed E-state index contributed by atoms with van der Waals surface area (Å²) in [4.78, 5) is 44.4. The minimum atomic E-state index is -0.652. The van der Waals surface area contributed by atoms with E-state index in [-0.39, 0.29) is 34.0 Å². The number of nitrogens with zero attached hydrogens (tertiary/aromatic N) is 5. The van der Waals surface area contributed by atoms with Crippen LogP contribution in [0.15, 0.2) is 58.4 Å². The first-order valence-corrected chi connectivity index (χ1v) is 14.7.